The van der Waals surface area contributed by atoms with Crippen LogP contribution in [-0.4, -0.2) is 18.5 Å². The molecule has 0 spiro atoms. The van der Waals surface area contributed by atoms with Gasteiger partial charge in [-0.3, -0.25) is 4.79 Å². The molecule has 1 aliphatic rings. The average Bonchev–Trinajstić information content (AvgIpc) is 2.36. The molecule has 3 N–H and O–H groups in total. The number of nitrogens with two attached hydrogens (primary N) is 1. The molecule has 0 radical (unpaired) electrons. The van der Waals surface area contributed by atoms with Gasteiger partial charge in [0.2, 0.25) is 0 Å². The molecule has 0 saturated heterocycles. The maximum atomic E-state index is 13.0. The number of carbonyl (C=O) groups is 1. The summed E-state index contributed by atoms with van der Waals surface area (Å²) in [5.41, 5.74) is 6.27. The van der Waals surface area contributed by atoms with E-state index in [1.165, 1.54) is 12.1 Å². The topological polar surface area (TPSA) is 55.1 Å². The van der Waals surface area contributed by atoms with Gasteiger partial charge in [0.25, 0.3) is 5.91 Å². The summed E-state index contributed by atoms with van der Waals surface area (Å²) < 4.78 is 13.0. The number of nitrogens with one attached hydrogen (secondary N) is 1. The van der Waals surface area contributed by atoms with Crippen molar-refractivity contribution in [2.75, 3.05) is 6.54 Å². The molecule has 1 aromatic carbocycles. The molecule has 1 amide bonds. The number of hydrogen-bond donors (Lipinski definition) is 2. The average molecular weight is 250 g/mol. The molecule has 2 unspecified atom stereocenters. The lowest BCUT2D eigenvalue weighted by atomic mass is 9.86. The highest BCUT2D eigenvalue weighted by molar-refractivity contribution is 5.94. The molecule has 0 aliphatic heterocycles. The van der Waals surface area contributed by atoms with E-state index in [-0.39, 0.29) is 17.8 Å². The molecule has 0 bridgehead atoms. The predicted octanol–water partition coefficient (Wildman–Crippen LogP) is 2.07. The van der Waals surface area contributed by atoms with Gasteiger partial charge in [0.05, 0.1) is 0 Å². The van der Waals surface area contributed by atoms with Gasteiger partial charge in [0, 0.05) is 18.2 Å². The number of hydrogen-bond acceptors (Lipinski definition) is 2. The third-order valence-electron chi connectivity index (χ3n) is 3.46. The Morgan fingerprint density at radius 1 is 1.44 bits per heavy atom. The molecule has 1 aromatic rings. The van der Waals surface area contributed by atoms with Crippen LogP contribution < -0.4 is 11.1 Å². The van der Waals surface area contributed by atoms with Gasteiger partial charge < -0.3 is 11.1 Å². The van der Waals surface area contributed by atoms with Gasteiger partial charge in [-0.1, -0.05) is 12.5 Å². The van der Waals surface area contributed by atoms with E-state index in [0.29, 0.717) is 18.0 Å². The quantitative estimate of drug-likeness (QED) is 0.863. The fraction of sp³-hybridized carbons (Fsp3) is 0.500. The highest BCUT2D eigenvalue weighted by atomic mass is 19.1. The van der Waals surface area contributed by atoms with Crippen molar-refractivity contribution >= 4 is 5.91 Å². The first-order valence-corrected chi connectivity index (χ1v) is 6.44. The Bertz CT molecular complexity index is 422. The van der Waals surface area contributed by atoms with Crippen LogP contribution in [0.15, 0.2) is 24.3 Å². The maximum absolute atomic E-state index is 13.0. The van der Waals surface area contributed by atoms with Gasteiger partial charge in [0.15, 0.2) is 0 Å². The van der Waals surface area contributed by atoms with Gasteiger partial charge in [0.1, 0.15) is 5.82 Å². The Balaban J connectivity index is 1.84. The predicted molar refractivity (Wildman–Crippen MR) is 68.7 cm³/mol. The van der Waals surface area contributed by atoms with E-state index in [9.17, 15) is 9.18 Å². The van der Waals surface area contributed by atoms with E-state index in [1.54, 1.807) is 12.1 Å². The van der Waals surface area contributed by atoms with E-state index >= 15 is 0 Å². The number of halogens is 1. The minimum atomic E-state index is -0.387. The van der Waals surface area contributed by atoms with Crippen molar-refractivity contribution in [3.63, 3.8) is 0 Å². The Hall–Kier alpha value is -1.42. The summed E-state index contributed by atoms with van der Waals surface area (Å²) in [6.45, 7) is 0.628. The van der Waals surface area contributed by atoms with Crippen LogP contribution in [0.1, 0.15) is 36.0 Å². The largest absolute Gasteiger partial charge is 0.352 e. The fourth-order valence-electron chi connectivity index (χ4n) is 2.49. The third kappa shape index (κ3) is 3.53. The molecule has 0 aromatic heterocycles. The van der Waals surface area contributed by atoms with Crippen LogP contribution in [0.5, 0.6) is 0 Å². The van der Waals surface area contributed by atoms with E-state index in [4.69, 9.17) is 5.73 Å². The molecule has 1 fully saturated rings. The second-order valence-corrected chi connectivity index (χ2v) is 5.01. The molecule has 0 heterocycles. The van der Waals surface area contributed by atoms with Gasteiger partial charge in [-0.2, -0.15) is 0 Å². The molecule has 4 heteroatoms. The summed E-state index contributed by atoms with van der Waals surface area (Å²) in [7, 11) is 0. The molecule has 98 valence electrons. The number of carbonyl (C=O) groups excluding carboxylic acids is 1. The van der Waals surface area contributed by atoms with Crippen molar-refractivity contribution in [1.82, 2.24) is 5.32 Å². The van der Waals surface area contributed by atoms with Gasteiger partial charge >= 0.3 is 0 Å². The summed E-state index contributed by atoms with van der Waals surface area (Å²) >= 11 is 0. The summed E-state index contributed by atoms with van der Waals surface area (Å²) in [5.74, 6) is -0.151. The first kappa shape index (κ1) is 13.0. The molecular weight excluding hydrogens is 231 g/mol. The Labute approximate surface area is 107 Å². The first-order chi connectivity index (χ1) is 8.65. The van der Waals surface area contributed by atoms with Crippen molar-refractivity contribution in [3.8, 4) is 0 Å². The minimum Gasteiger partial charge on any atom is -0.352 e. The van der Waals surface area contributed by atoms with Crippen LogP contribution in [0.3, 0.4) is 0 Å². The van der Waals surface area contributed by atoms with Crippen molar-refractivity contribution in [2.24, 2.45) is 11.7 Å². The van der Waals surface area contributed by atoms with Crippen molar-refractivity contribution in [2.45, 2.75) is 31.7 Å². The molecule has 2 atom stereocenters. The Morgan fingerprint density at radius 2 is 2.28 bits per heavy atom. The molecule has 1 saturated carbocycles. The van der Waals surface area contributed by atoms with E-state index in [0.717, 1.165) is 25.7 Å². The first-order valence-electron chi connectivity index (χ1n) is 6.44. The SMILES string of the molecule is NC1CCCC(CNC(=O)c2cccc(F)c2)C1. The third-order valence-corrected chi connectivity index (χ3v) is 3.46. The Kier molecular flexibility index (Phi) is 4.31. The summed E-state index contributed by atoms with van der Waals surface area (Å²) in [6.07, 6.45) is 4.27. The Morgan fingerprint density at radius 3 is 3.00 bits per heavy atom. The van der Waals surface area contributed by atoms with Crippen LogP contribution in [0.2, 0.25) is 0 Å². The van der Waals surface area contributed by atoms with Crippen molar-refractivity contribution in [3.05, 3.63) is 35.6 Å². The maximum Gasteiger partial charge on any atom is 0.251 e. The van der Waals surface area contributed by atoms with Crippen molar-refractivity contribution in [1.29, 1.82) is 0 Å². The second kappa shape index (κ2) is 5.96. The smallest absolute Gasteiger partial charge is 0.251 e. The standard InChI is InChI=1S/C14H19FN2O/c15-12-5-2-4-11(8-12)14(18)17-9-10-3-1-6-13(16)7-10/h2,4-5,8,10,13H,1,3,6-7,9,16H2,(H,17,18). The lowest BCUT2D eigenvalue weighted by Crippen LogP contribution is -2.35. The van der Waals surface area contributed by atoms with Gasteiger partial charge in [-0.15, -0.1) is 0 Å². The van der Waals surface area contributed by atoms with E-state index in [2.05, 4.69) is 5.32 Å². The molecule has 3 nitrogen and oxygen atoms in total. The van der Waals surface area contributed by atoms with Crippen molar-refractivity contribution < 1.29 is 9.18 Å². The molecular formula is C14H19FN2O. The highest BCUT2D eigenvalue weighted by Gasteiger charge is 2.19. The number of rotatable bonds is 3. The fourth-order valence-corrected chi connectivity index (χ4v) is 2.49. The normalized spacial score (nSPS) is 23.7. The zero-order valence-electron chi connectivity index (χ0n) is 10.4. The summed E-state index contributed by atoms with van der Waals surface area (Å²) in [6, 6.07) is 6.00. The number of benzene rings is 1. The van der Waals surface area contributed by atoms with Crippen LogP contribution in [0.25, 0.3) is 0 Å². The van der Waals surface area contributed by atoms with Crippen LogP contribution in [0, 0.1) is 11.7 Å². The minimum absolute atomic E-state index is 0.214. The lowest BCUT2D eigenvalue weighted by Gasteiger charge is -2.26. The molecule has 18 heavy (non-hydrogen) atoms. The van der Waals surface area contributed by atoms with Gasteiger partial charge in [-0.25, -0.2) is 4.39 Å². The summed E-state index contributed by atoms with van der Waals surface area (Å²) in [4.78, 5) is 11.8. The van der Waals surface area contributed by atoms with E-state index in [1.807, 2.05) is 0 Å². The van der Waals surface area contributed by atoms with Crippen LogP contribution in [-0.2, 0) is 0 Å². The summed E-state index contributed by atoms with van der Waals surface area (Å²) in [5, 5.41) is 2.86. The molecule has 1 aliphatic carbocycles. The van der Waals surface area contributed by atoms with E-state index < -0.39 is 0 Å². The second-order valence-electron chi connectivity index (χ2n) is 5.01. The van der Waals surface area contributed by atoms with Crippen LogP contribution in [0.4, 0.5) is 4.39 Å². The molecule has 2 rings (SSSR count). The van der Waals surface area contributed by atoms with Crippen LogP contribution >= 0.6 is 0 Å². The lowest BCUT2D eigenvalue weighted by molar-refractivity contribution is 0.0942. The van der Waals surface area contributed by atoms with Gasteiger partial charge in [-0.05, 0) is 43.4 Å². The zero-order chi connectivity index (χ0) is 13.0. The number of amides is 1. The highest BCUT2D eigenvalue weighted by Crippen LogP contribution is 2.22. The zero-order valence-corrected chi connectivity index (χ0v) is 10.4. The monoisotopic (exact) mass is 250 g/mol.